The van der Waals surface area contributed by atoms with Crippen molar-refractivity contribution in [3.8, 4) is 0 Å². The monoisotopic (exact) mass is 252 g/mol. The lowest BCUT2D eigenvalue weighted by atomic mass is 9.99. The van der Waals surface area contributed by atoms with Crippen molar-refractivity contribution >= 4 is 17.2 Å². The Hall–Kier alpha value is -0.870. The van der Waals surface area contributed by atoms with Crippen molar-refractivity contribution in [3.63, 3.8) is 0 Å². The summed E-state index contributed by atoms with van der Waals surface area (Å²) in [6, 6.07) is 4.46. The molecule has 1 aliphatic heterocycles. The van der Waals surface area contributed by atoms with Gasteiger partial charge >= 0.3 is 0 Å². The van der Waals surface area contributed by atoms with Gasteiger partial charge < -0.3 is 4.90 Å². The van der Waals surface area contributed by atoms with Crippen LogP contribution in [0.2, 0.25) is 0 Å². The number of carbonyl (C=O) groups is 1. The van der Waals surface area contributed by atoms with Crippen LogP contribution in [0.15, 0.2) is 17.5 Å². The predicted octanol–water partition coefficient (Wildman–Crippen LogP) is 2.61. The van der Waals surface area contributed by atoms with Crippen LogP contribution in [0.3, 0.4) is 0 Å². The lowest BCUT2D eigenvalue weighted by Gasteiger charge is -2.34. The quantitative estimate of drug-likeness (QED) is 0.893. The van der Waals surface area contributed by atoms with Crippen LogP contribution in [0.5, 0.6) is 0 Å². The van der Waals surface area contributed by atoms with Gasteiger partial charge in [0.05, 0.1) is 6.54 Å². The first kappa shape index (κ1) is 12.6. The molecule has 1 aliphatic rings. The second-order valence-electron chi connectivity index (χ2n) is 4.82. The molecule has 2 rings (SSSR count). The van der Waals surface area contributed by atoms with Crippen LogP contribution < -0.4 is 5.32 Å². The number of carbonyl (C=O) groups excluding carboxylic acids is 1. The molecule has 1 amide bonds. The van der Waals surface area contributed by atoms with Gasteiger partial charge in [-0.25, -0.2) is 0 Å². The molecule has 17 heavy (non-hydrogen) atoms. The van der Waals surface area contributed by atoms with Gasteiger partial charge in [0.1, 0.15) is 6.17 Å². The summed E-state index contributed by atoms with van der Waals surface area (Å²) in [5.41, 5.74) is 0. The van der Waals surface area contributed by atoms with E-state index in [0.717, 1.165) is 6.42 Å². The molecule has 1 N–H and O–H groups in total. The zero-order chi connectivity index (χ0) is 12.4. The molecule has 0 aliphatic carbocycles. The van der Waals surface area contributed by atoms with E-state index in [1.807, 2.05) is 11.0 Å². The van der Waals surface area contributed by atoms with Gasteiger partial charge in [-0.1, -0.05) is 26.8 Å². The molecule has 1 aromatic heterocycles. The van der Waals surface area contributed by atoms with Crippen molar-refractivity contribution in [2.75, 3.05) is 6.54 Å². The van der Waals surface area contributed by atoms with Crippen molar-refractivity contribution in [1.82, 2.24) is 10.2 Å². The largest absolute Gasteiger partial charge is 0.318 e. The van der Waals surface area contributed by atoms with E-state index >= 15 is 0 Å². The van der Waals surface area contributed by atoms with E-state index in [0.29, 0.717) is 18.5 Å². The molecule has 0 radical (unpaired) electrons. The van der Waals surface area contributed by atoms with Crippen LogP contribution in [0, 0.1) is 5.92 Å². The highest BCUT2D eigenvalue weighted by molar-refractivity contribution is 7.10. The van der Waals surface area contributed by atoms with Gasteiger partial charge in [-0.2, -0.15) is 0 Å². The SMILES string of the molecule is CCC(C(C)C)N1C(=O)CNC1c1cccs1. The molecule has 0 bridgehead atoms. The smallest absolute Gasteiger partial charge is 0.238 e. The molecule has 1 saturated heterocycles. The minimum absolute atomic E-state index is 0.0786. The average Bonchev–Trinajstić information content (AvgIpc) is 2.89. The lowest BCUT2D eigenvalue weighted by Crippen LogP contribution is -2.42. The molecule has 1 fully saturated rings. The highest BCUT2D eigenvalue weighted by Crippen LogP contribution is 2.31. The Morgan fingerprint density at radius 1 is 1.59 bits per heavy atom. The van der Waals surface area contributed by atoms with E-state index in [2.05, 4.69) is 37.5 Å². The van der Waals surface area contributed by atoms with Crippen LogP contribution >= 0.6 is 11.3 Å². The summed E-state index contributed by atoms with van der Waals surface area (Å²) >= 11 is 1.71. The van der Waals surface area contributed by atoms with Gasteiger partial charge in [0.25, 0.3) is 0 Å². The Labute approximate surface area is 107 Å². The Morgan fingerprint density at radius 3 is 2.88 bits per heavy atom. The first-order valence-electron chi connectivity index (χ1n) is 6.23. The van der Waals surface area contributed by atoms with Crippen LogP contribution in [0.1, 0.15) is 38.2 Å². The van der Waals surface area contributed by atoms with Gasteiger partial charge in [-0.15, -0.1) is 11.3 Å². The summed E-state index contributed by atoms with van der Waals surface area (Å²) in [6.07, 6.45) is 1.09. The summed E-state index contributed by atoms with van der Waals surface area (Å²) in [6.45, 7) is 6.99. The van der Waals surface area contributed by atoms with E-state index in [4.69, 9.17) is 0 Å². The summed E-state index contributed by atoms with van der Waals surface area (Å²) in [7, 11) is 0. The van der Waals surface area contributed by atoms with Gasteiger partial charge in [-0.3, -0.25) is 10.1 Å². The zero-order valence-electron chi connectivity index (χ0n) is 10.6. The van der Waals surface area contributed by atoms with Crippen molar-refractivity contribution < 1.29 is 4.79 Å². The van der Waals surface area contributed by atoms with Crippen molar-refractivity contribution in [3.05, 3.63) is 22.4 Å². The first-order chi connectivity index (χ1) is 8.15. The fourth-order valence-electron chi connectivity index (χ4n) is 2.57. The van der Waals surface area contributed by atoms with E-state index in [1.165, 1.54) is 4.88 Å². The van der Waals surface area contributed by atoms with Gasteiger partial charge in [0.15, 0.2) is 0 Å². The molecule has 94 valence electrons. The Morgan fingerprint density at radius 2 is 2.35 bits per heavy atom. The summed E-state index contributed by atoms with van der Waals surface area (Å²) in [5, 5.41) is 5.38. The predicted molar refractivity (Wildman–Crippen MR) is 70.8 cm³/mol. The van der Waals surface area contributed by atoms with Crippen molar-refractivity contribution in [2.45, 2.75) is 39.4 Å². The van der Waals surface area contributed by atoms with Crippen LogP contribution in [-0.4, -0.2) is 23.4 Å². The minimum atomic E-state index is 0.0786. The molecule has 0 aromatic carbocycles. The highest BCUT2D eigenvalue weighted by atomic mass is 32.1. The maximum atomic E-state index is 12.1. The highest BCUT2D eigenvalue weighted by Gasteiger charge is 2.37. The Balaban J connectivity index is 2.25. The minimum Gasteiger partial charge on any atom is -0.318 e. The number of thiophene rings is 1. The molecule has 2 unspecified atom stereocenters. The second kappa shape index (κ2) is 5.19. The number of amides is 1. The molecule has 2 heterocycles. The van der Waals surface area contributed by atoms with E-state index < -0.39 is 0 Å². The Kier molecular flexibility index (Phi) is 3.84. The average molecular weight is 252 g/mol. The number of nitrogens with one attached hydrogen (secondary N) is 1. The summed E-state index contributed by atoms with van der Waals surface area (Å²) in [5.74, 6) is 0.718. The second-order valence-corrected chi connectivity index (χ2v) is 5.80. The van der Waals surface area contributed by atoms with Gasteiger partial charge in [0.2, 0.25) is 5.91 Å². The normalized spacial score (nSPS) is 22.5. The summed E-state index contributed by atoms with van der Waals surface area (Å²) < 4.78 is 0. The fourth-order valence-corrected chi connectivity index (χ4v) is 3.37. The van der Waals surface area contributed by atoms with Gasteiger partial charge in [0, 0.05) is 10.9 Å². The summed E-state index contributed by atoms with van der Waals surface area (Å²) in [4.78, 5) is 15.3. The van der Waals surface area contributed by atoms with Crippen molar-refractivity contribution in [2.24, 2.45) is 5.92 Å². The van der Waals surface area contributed by atoms with E-state index in [1.54, 1.807) is 11.3 Å². The molecular weight excluding hydrogens is 232 g/mol. The molecular formula is C13H20N2OS. The van der Waals surface area contributed by atoms with Crippen molar-refractivity contribution in [1.29, 1.82) is 0 Å². The third-order valence-corrected chi connectivity index (χ3v) is 4.30. The number of hydrogen-bond acceptors (Lipinski definition) is 3. The molecule has 1 aromatic rings. The maximum absolute atomic E-state index is 12.1. The van der Waals surface area contributed by atoms with E-state index in [-0.39, 0.29) is 12.1 Å². The molecule has 0 spiro atoms. The first-order valence-corrected chi connectivity index (χ1v) is 7.11. The van der Waals surface area contributed by atoms with Crippen LogP contribution in [-0.2, 0) is 4.79 Å². The van der Waals surface area contributed by atoms with Gasteiger partial charge in [-0.05, 0) is 23.8 Å². The molecule has 0 saturated carbocycles. The molecule has 2 atom stereocenters. The van der Waals surface area contributed by atoms with Crippen LogP contribution in [0.25, 0.3) is 0 Å². The topological polar surface area (TPSA) is 32.3 Å². The third kappa shape index (κ3) is 2.38. The number of rotatable bonds is 4. The third-order valence-electron chi connectivity index (χ3n) is 3.37. The number of nitrogens with zero attached hydrogens (tertiary/aromatic N) is 1. The lowest BCUT2D eigenvalue weighted by molar-refractivity contribution is -0.131. The zero-order valence-corrected chi connectivity index (χ0v) is 11.5. The molecule has 3 nitrogen and oxygen atoms in total. The van der Waals surface area contributed by atoms with E-state index in [9.17, 15) is 4.79 Å². The standard InChI is InChI=1S/C13H20N2OS/c1-4-10(9(2)3)15-12(16)8-14-13(15)11-6-5-7-17-11/h5-7,9-10,13-14H,4,8H2,1-3H3. The fraction of sp³-hybridized carbons (Fsp3) is 0.615. The molecule has 4 heteroatoms. The maximum Gasteiger partial charge on any atom is 0.238 e. The number of hydrogen-bond donors (Lipinski definition) is 1. The Bertz CT molecular complexity index is 375. The van der Waals surface area contributed by atoms with Crippen LogP contribution in [0.4, 0.5) is 0 Å².